The Kier molecular flexibility index (Phi) is 7.72. The van der Waals surface area contributed by atoms with Gasteiger partial charge in [-0.25, -0.2) is 9.59 Å². The molecule has 2 aromatic rings. The molecule has 0 aliphatic heterocycles. The van der Waals surface area contributed by atoms with Crippen molar-refractivity contribution >= 4 is 11.9 Å². The van der Waals surface area contributed by atoms with Crippen LogP contribution in [0.25, 0.3) is 0 Å². The summed E-state index contributed by atoms with van der Waals surface area (Å²) < 4.78 is 0. The number of carbonyl (C=O) groups is 2. The first kappa shape index (κ1) is 19.5. The van der Waals surface area contributed by atoms with Crippen LogP contribution in [0, 0.1) is 0 Å². The van der Waals surface area contributed by atoms with E-state index in [0.717, 1.165) is 21.6 Å². The van der Waals surface area contributed by atoms with E-state index in [9.17, 15) is 9.59 Å². The molecule has 0 spiro atoms. The van der Waals surface area contributed by atoms with Crippen LogP contribution in [-0.4, -0.2) is 36.6 Å². The smallest absolute Gasteiger partial charge is 0.332 e. The van der Waals surface area contributed by atoms with E-state index in [1.54, 1.807) is 0 Å². The van der Waals surface area contributed by atoms with E-state index in [1.165, 1.54) is 14.2 Å². The molecule has 0 saturated carbocycles. The van der Waals surface area contributed by atoms with Crippen molar-refractivity contribution in [3.8, 4) is 0 Å². The highest BCUT2D eigenvalue weighted by atomic mass is 17.0. The normalized spacial score (nSPS) is 10.8. The summed E-state index contributed by atoms with van der Waals surface area (Å²) in [6.45, 7) is 0.294. The molecule has 2 rings (SSSR count). The third-order valence-corrected chi connectivity index (χ3v) is 3.25. The number of hydrogen-bond acceptors (Lipinski definition) is 8. The van der Waals surface area contributed by atoms with Crippen LogP contribution in [0.2, 0.25) is 0 Å². The van der Waals surface area contributed by atoms with Crippen LogP contribution in [0.15, 0.2) is 60.7 Å². The Morgan fingerprint density at radius 3 is 1.35 bits per heavy atom. The first-order valence-electron chi connectivity index (χ1n) is 7.77. The molecule has 8 nitrogen and oxygen atoms in total. The van der Waals surface area contributed by atoms with Crippen LogP contribution in [0.3, 0.4) is 0 Å². The number of hydroxylamine groups is 4. The SMILES string of the molecule is CON(Cc1ccccc1)OC(=O)C(=O)ON(Cc1ccccc1)OC. The summed E-state index contributed by atoms with van der Waals surface area (Å²) in [6, 6.07) is 18.3. The number of rotatable bonds is 8. The second kappa shape index (κ2) is 10.3. The van der Waals surface area contributed by atoms with Gasteiger partial charge in [0.2, 0.25) is 0 Å². The Hall–Kier alpha value is -2.78. The Morgan fingerprint density at radius 1 is 0.692 bits per heavy atom. The average Bonchev–Trinajstić information content (AvgIpc) is 2.68. The molecule has 0 radical (unpaired) electrons. The van der Waals surface area contributed by atoms with Crippen LogP contribution in [0.1, 0.15) is 11.1 Å². The van der Waals surface area contributed by atoms with E-state index in [2.05, 4.69) is 0 Å². The van der Waals surface area contributed by atoms with Gasteiger partial charge in [-0.15, -0.1) is 0 Å². The van der Waals surface area contributed by atoms with Gasteiger partial charge in [-0.2, -0.15) is 0 Å². The summed E-state index contributed by atoms with van der Waals surface area (Å²) in [7, 11) is 2.64. The van der Waals surface area contributed by atoms with Crippen LogP contribution in [-0.2, 0) is 42.0 Å². The molecule has 26 heavy (non-hydrogen) atoms. The summed E-state index contributed by atoms with van der Waals surface area (Å²) in [5.41, 5.74) is 1.66. The fourth-order valence-corrected chi connectivity index (χ4v) is 1.99. The van der Waals surface area contributed by atoms with Crippen molar-refractivity contribution in [1.29, 1.82) is 0 Å². The third-order valence-electron chi connectivity index (χ3n) is 3.25. The molecule has 0 saturated heterocycles. The number of hydrogen-bond donors (Lipinski definition) is 0. The van der Waals surface area contributed by atoms with E-state index in [4.69, 9.17) is 19.4 Å². The van der Waals surface area contributed by atoms with Crippen molar-refractivity contribution < 1.29 is 28.9 Å². The van der Waals surface area contributed by atoms with Crippen molar-refractivity contribution in [2.24, 2.45) is 0 Å². The summed E-state index contributed by atoms with van der Waals surface area (Å²) in [6.07, 6.45) is 0. The van der Waals surface area contributed by atoms with Crippen molar-refractivity contribution in [1.82, 2.24) is 10.5 Å². The minimum atomic E-state index is -1.24. The highest BCUT2D eigenvalue weighted by Gasteiger charge is 2.25. The topological polar surface area (TPSA) is 77.5 Å². The van der Waals surface area contributed by atoms with Crippen molar-refractivity contribution in [2.45, 2.75) is 13.1 Å². The minimum absolute atomic E-state index is 0.147. The molecule has 0 bridgehead atoms. The lowest BCUT2D eigenvalue weighted by Crippen LogP contribution is -2.35. The first-order valence-corrected chi connectivity index (χ1v) is 7.77. The van der Waals surface area contributed by atoms with E-state index in [-0.39, 0.29) is 13.1 Å². The van der Waals surface area contributed by atoms with Gasteiger partial charge in [-0.05, 0) is 21.6 Å². The lowest BCUT2D eigenvalue weighted by molar-refractivity contribution is -0.354. The summed E-state index contributed by atoms with van der Waals surface area (Å²) in [4.78, 5) is 43.4. The van der Waals surface area contributed by atoms with Crippen molar-refractivity contribution in [3.63, 3.8) is 0 Å². The average molecular weight is 360 g/mol. The molecule has 0 aromatic heterocycles. The van der Waals surface area contributed by atoms with Crippen molar-refractivity contribution in [2.75, 3.05) is 14.2 Å². The first-order chi connectivity index (χ1) is 12.6. The quantitative estimate of drug-likeness (QED) is 0.523. The fourth-order valence-electron chi connectivity index (χ4n) is 1.99. The predicted molar refractivity (Wildman–Crippen MR) is 90.2 cm³/mol. The fraction of sp³-hybridized carbons (Fsp3) is 0.222. The lowest BCUT2D eigenvalue weighted by Gasteiger charge is -2.20. The second-order valence-corrected chi connectivity index (χ2v) is 5.08. The summed E-state index contributed by atoms with van der Waals surface area (Å²) in [5, 5.41) is 1.76. The van der Waals surface area contributed by atoms with Crippen LogP contribution in [0.5, 0.6) is 0 Å². The molecule has 0 atom stereocenters. The largest absolute Gasteiger partial charge is 0.440 e. The standard InChI is InChI=1S/C18H20N2O6/c1-23-19(13-15-9-5-3-6-10-15)25-17(21)18(22)26-20(24-2)14-16-11-7-4-8-12-16/h3-12H,13-14H2,1-2H3. The van der Waals surface area contributed by atoms with Crippen LogP contribution >= 0.6 is 0 Å². The molecule has 138 valence electrons. The maximum absolute atomic E-state index is 11.9. The zero-order valence-corrected chi connectivity index (χ0v) is 14.5. The maximum Gasteiger partial charge on any atom is 0.440 e. The van der Waals surface area contributed by atoms with E-state index < -0.39 is 11.9 Å². The molecule has 0 aliphatic carbocycles. The van der Waals surface area contributed by atoms with Crippen LogP contribution < -0.4 is 0 Å². The van der Waals surface area contributed by atoms with Crippen molar-refractivity contribution in [3.05, 3.63) is 71.8 Å². The molecule has 0 N–H and O–H groups in total. The predicted octanol–water partition coefficient (Wildman–Crippen LogP) is 2.03. The highest BCUT2D eigenvalue weighted by Crippen LogP contribution is 2.08. The molecule has 0 heterocycles. The Bertz CT molecular complexity index is 634. The number of carbonyl (C=O) groups excluding carboxylic acids is 2. The van der Waals surface area contributed by atoms with Gasteiger partial charge < -0.3 is 9.68 Å². The molecular formula is C18H20N2O6. The maximum atomic E-state index is 11.9. The van der Waals surface area contributed by atoms with E-state index >= 15 is 0 Å². The molecule has 0 aliphatic rings. The van der Waals surface area contributed by atoms with Crippen LogP contribution in [0.4, 0.5) is 0 Å². The Morgan fingerprint density at radius 2 is 1.04 bits per heavy atom. The molecule has 0 amide bonds. The summed E-state index contributed by atoms with van der Waals surface area (Å²) in [5.74, 6) is -2.48. The second-order valence-electron chi connectivity index (χ2n) is 5.08. The zero-order valence-electron chi connectivity index (χ0n) is 14.5. The monoisotopic (exact) mass is 360 g/mol. The van der Waals surface area contributed by atoms with E-state index in [1.807, 2.05) is 60.7 Å². The van der Waals surface area contributed by atoms with Gasteiger partial charge in [0.15, 0.2) is 0 Å². The minimum Gasteiger partial charge on any atom is -0.332 e. The number of nitrogens with zero attached hydrogens (tertiary/aromatic N) is 2. The summed E-state index contributed by atoms with van der Waals surface area (Å²) >= 11 is 0. The zero-order chi connectivity index (χ0) is 18.8. The van der Waals surface area contributed by atoms with Gasteiger partial charge in [0.05, 0.1) is 27.3 Å². The van der Waals surface area contributed by atoms with E-state index in [0.29, 0.717) is 0 Å². The highest BCUT2D eigenvalue weighted by molar-refractivity contribution is 6.29. The van der Waals surface area contributed by atoms with Gasteiger partial charge >= 0.3 is 11.9 Å². The Balaban J connectivity index is 1.87. The van der Waals surface area contributed by atoms with Gasteiger partial charge in [0.1, 0.15) is 0 Å². The molecular weight excluding hydrogens is 340 g/mol. The van der Waals surface area contributed by atoms with Gasteiger partial charge in [0.25, 0.3) is 0 Å². The molecule has 0 fully saturated rings. The Labute approximate surface area is 151 Å². The molecule has 0 unspecified atom stereocenters. The molecule has 2 aromatic carbocycles. The third kappa shape index (κ3) is 6.26. The number of benzene rings is 2. The molecule has 8 heteroatoms. The van der Waals surface area contributed by atoms with Gasteiger partial charge in [0, 0.05) is 0 Å². The van der Waals surface area contributed by atoms with Gasteiger partial charge in [-0.1, -0.05) is 60.7 Å². The lowest BCUT2D eigenvalue weighted by atomic mass is 10.2. The van der Waals surface area contributed by atoms with Gasteiger partial charge in [-0.3, -0.25) is 9.68 Å².